The molecule has 17 heavy (non-hydrogen) atoms. The van der Waals surface area contributed by atoms with Crippen LogP contribution in [0.2, 0.25) is 0 Å². The first-order chi connectivity index (χ1) is 8.24. The smallest absolute Gasteiger partial charge is 0.0114 e. The molecule has 0 spiro atoms. The molecule has 0 bridgehead atoms. The van der Waals surface area contributed by atoms with Crippen LogP contribution in [-0.2, 0) is 0 Å². The molecule has 2 fully saturated rings. The van der Waals surface area contributed by atoms with Crippen LogP contribution >= 0.6 is 11.8 Å². The van der Waals surface area contributed by atoms with Gasteiger partial charge in [0.1, 0.15) is 0 Å². The molecule has 2 rings (SSSR count). The Balaban J connectivity index is 1.80. The maximum absolute atomic E-state index is 3.46. The molecule has 0 aromatic rings. The summed E-state index contributed by atoms with van der Waals surface area (Å²) in [5.74, 6) is 0.812. The minimum atomic E-state index is 0.744. The lowest BCUT2D eigenvalue weighted by Crippen LogP contribution is -2.51. The molecule has 2 unspecified atom stereocenters. The van der Waals surface area contributed by atoms with Gasteiger partial charge < -0.3 is 10.2 Å². The summed E-state index contributed by atoms with van der Waals surface area (Å²) in [5, 5.41) is 4.41. The van der Waals surface area contributed by atoms with Crippen LogP contribution in [-0.4, -0.2) is 48.6 Å². The second-order valence-corrected chi connectivity index (χ2v) is 6.96. The minimum Gasteiger partial charge on any atom is -0.317 e. The van der Waals surface area contributed by atoms with Crippen molar-refractivity contribution in [1.29, 1.82) is 0 Å². The van der Waals surface area contributed by atoms with Gasteiger partial charge in [-0.05, 0) is 57.9 Å². The van der Waals surface area contributed by atoms with Crippen molar-refractivity contribution in [3.8, 4) is 0 Å². The molecular weight excluding hydrogens is 228 g/mol. The Morgan fingerprint density at radius 2 is 1.82 bits per heavy atom. The molecule has 0 radical (unpaired) electrons. The summed E-state index contributed by atoms with van der Waals surface area (Å²) >= 11 is 2.07. The zero-order chi connectivity index (χ0) is 12.3. The molecule has 1 N–H and O–H groups in total. The number of hydrogen-bond donors (Lipinski definition) is 1. The van der Waals surface area contributed by atoms with Gasteiger partial charge in [-0.3, -0.25) is 0 Å². The van der Waals surface area contributed by atoms with Gasteiger partial charge in [-0.2, -0.15) is 11.8 Å². The Morgan fingerprint density at radius 3 is 2.35 bits per heavy atom. The largest absolute Gasteiger partial charge is 0.317 e. The highest BCUT2D eigenvalue weighted by Gasteiger charge is 2.31. The van der Waals surface area contributed by atoms with Gasteiger partial charge in [-0.25, -0.2) is 0 Å². The van der Waals surface area contributed by atoms with E-state index in [0.717, 1.165) is 23.3 Å². The molecule has 1 saturated heterocycles. The molecule has 0 aromatic carbocycles. The Bertz CT molecular complexity index is 226. The van der Waals surface area contributed by atoms with Crippen molar-refractivity contribution in [2.45, 2.75) is 56.4 Å². The van der Waals surface area contributed by atoms with Crippen LogP contribution in [0.15, 0.2) is 0 Å². The summed E-state index contributed by atoms with van der Waals surface area (Å²) < 4.78 is 0. The van der Waals surface area contributed by atoms with Gasteiger partial charge in [0.25, 0.3) is 0 Å². The molecule has 0 amide bonds. The Labute approximate surface area is 111 Å². The molecule has 1 aliphatic heterocycles. The lowest BCUT2D eigenvalue weighted by molar-refractivity contribution is 0.0868. The first kappa shape index (κ1) is 13.7. The highest BCUT2D eigenvalue weighted by Crippen LogP contribution is 2.31. The Kier molecular flexibility index (Phi) is 5.19. The fourth-order valence-corrected chi connectivity index (χ4v) is 4.33. The van der Waals surface area contributed by atoms with Crippen LogP contribution in [0.3, 0.4) is 0 Å². The normalized spacial score (nSPS) is 40.4. The van der Waals surface area contributed by atoms with Crippen molar-refractivity contribution in [1.82, 2.24) is 10.2 Å². The molecule has 0 aromatic heterocycles. The maximum Gasteiger partial charge on any atom is 0.0114 e. The van der Waals surface area contributed by atoms with E-state index in [-0.39, 0.29) is 0 Å². The van der Waals surface area contributed by atoms with Crippen molar-refractivity contribution >= 4 is 11.8 Å². The second-order valence-electron chi connectivity index (χ2n) is 5.82. The molecule has 2 aliphatic rings. The van der Waals surface area contributed by atoms with Gasteiger partial charge in [0.2, 0.25) is 0 Å². The monoisotopic (exact) mass is 256 g/mol. The number of rotatable bonds is 3. The minimum absolute atomic E-state index is 0.744. The summed E-state index contributed by atoms with van der Waals surface area (Å²) in [4.78, 5) is 2.77. The third-order valence-electron chi connectivity index (χ3n) is 4.80. The van der Waals surface area contributed by atoms with E-state index >= 15 is 0 Å². The van der Waals surface area contributed by atoms with E-state index in [2.05, 4.69) is 42.2 Å². The molecule has 1 heterocycles. The lowest BCUT2D eigenvalue weighted by Gasteiger charge is -2.43. The van der Waals surface area contributed by atoms with Gasteiger partial charge >= 0.3 is 0 Å². The number of piperidine rings is 1. The number of nitrogens with zero attached hydrogens (tertiary/aromatic N) is 1. The zero-order valence-corrected chi connectivity index (χ0v) is 12.4. The average Bonchev–Trinajstić information content (AvgIpc) is 2.39. The van der Waals surface area contributed by atoms with Gasteiger partial charge in [0.05, 0.1) is 0 Å². The van der Waals surface area contributed by atoms with E-state index in [1.54, 1.807) is 0 Å². The molecule has 1 saturated carbocycles. The van der Waals surface area contributed by atoms with E-state index in [1.165, 1.54) is 45.2 Å². The summed E-state index contributed by atoms with van der Waals surface area (Å²) in [6.07, 6.45) is 9.34. The first-order valence-corrected chi connectivity index (χ1v) is 8.47. The molecular formula is C14H28N2S. The lowest BCUT2D eigenvalue weighted by atomic mass is 9.88. The molecule has 3 heteroatoms. The number of nitrogens with one attached hydrogen (secondary N) is 1. The van der Waals surface area contributed by atoms with Crippen molar-refractivity contribution in [3.63, 3.8) is 0 Å². The van der Waals surface area contributed by atoms with E-state index in [9.17, 15) is 0 Å². The van der Waals surface area contributed by atoms with Crippen molar-refractivity contribution in [2.24, 2.45) is 5.92 Å². The average molecular weight is 256 g/mol. The maximum atomic E-state index is 3.46. The second kappa shape index (κ2) is 6.44. The van der Waals surface area contributed by atoms with Crippen LogP contribution in [0.4, 0.5) is 0 Å². The molecule has 2 atom stereocenters. The van der Waals surface area contributed by atoms with Gasteiger partial charge in [0.15, 0.2) is 0 Å². The zero-order valence-electron chi connectivity index (χ0n) is 11.6. The summed E-state index contributed by atoms with van der Waals surface area (Å²) in [6.45, 7) is 5.02. The SMILES string of the molecule is CNC1CCN(C2CCC(SC)CC2)CC1C. The summed E-state index contributed by atoms with van der Waals surface area (Å²) in [5.41, 5.74) is 0. The predicted octanol–water partition coefficient (Wildman–Crippen LogP) is 2.59. The van der Waals surface area contributed by atoms with Crippen LogP contribution < -0.4 is 5.32 Å². The predicted molar refractivity (Wildman–Crippen MR) is 77.8 cm³/mol. The van der Waals surface area contributed by atoms with Crippen LogP contribution in [0.25, 0.3) is 0 Å². The molecule has 1 aliphatic carbocycles. The van der Waals surface area contributed by atoms with E-state index in [1.807, 2.05) is 0 Å². The summed E-state index contributed by atoms with van der Waals surface area (Å²) in [6, 6.07) is 1.63. The standard InChI is InChI=1S/C14H28N2S/c1-11-10-16(9-8-14(11)15-2)12-4-6-13(17-3)7-5-12/h11-15H,4-10H2,1-3H3. The summed E-state index contributed by atoms with van der Waals surface area (Å²) in [7, 11) is 2.11. The van der Waals surface area contributed by atoms with Crippen LogP contribution in [0, 0.1) is 5.92 Å². The van der Waals surface area contributed by atoms with Gasteiger partial charge in [0, 0.05) is 23.9 Å². The molecule has 100 valence electrons. The fraction of sp³-hybridized carbons (Fsp3) is 1.00. The highest BCUT2D eigenvalue weighted by atomic mass is 32.2. The van der Waals surface area contributed by atoms with E-state index in [0.29, 0.717) is 0 Å². The Morgan fingerprint density at radius 1 is 1.12 bits per heavy atom. The Hall–Kier alpha value is 0.270. The number of hydrogen-bond acceptors (Lipinski definition) is 3. The van der Waals surface area contributed by atoms with E-state index < -0.39 is 0 Å². The van der Waals surface area contributed by atoms with Crippen molar-refractivity contribution in [3.05, 3.63) is 0 Å². The quantitative estimate of drug-likeness (QED) is 0.835. The first-order valence-electron chi connectivity index (χ1n) is 7.18. The van der Waals surface area contributed by atoms with Gasteiger partial charge in [-0.15, -0.1) is 0 Å². The van der Waals surface area contributed by atoms with Crippen LogP contribution in [0.1, 0.15) is 39.0 Å². The van der Waals surface area contributed by atoms with Crippen molar-refractivity contribution in [2.75, 3.05) is 26.4 Å². The van der Waals surface area contributed by atoms with Crippen molar-refractivity contribution < 1.29 is 0 Å². The number of likely N-dealkylation sites (tertiary alicyclic amines) is 1. The molecule has 2 nitrogen and oxygen atoms in total. The third kappa shape index (κ3) is 3.39. The topological polar surface area (TPSA) is 15.3 Å². The van der Waals surface area contributed by atoms with E-state index in [4.69, 9.17) is 0 Å². The third-order valence-corrected chi connectivity index (χ3v) is 5.94. The van der Waals surface area contributed by atoms with Crippen LogP contribution in [0.5, 0.6) is 0 Å². The van der Waals surface area contributed by atoms with Gasteiger partial charge in [-0.1, -0.05) is 6.92 Å². The fourth-order valence-electron chi connectivity index (χ4n) is 3.58. The number of thioether (sulfide) groups is 1. The highest BCUT2D eigenvalue weighted by molar-refractivity contribution is 7.99.